The van der Waals surface area contributed by atoms with Gasteiger partial charge in [-0.15, -0.1) is 11.8 Å². The molecule has 0 radical (unpaired) electrons. The Labute approximate surface area is 177 Å². The average molecular weight is 439 g/mol. The van der Waals surface area contributed by atoms with Crippen molar-refractivity contribution in [3.8, 4) is 0 Å². The molecule has 11 heteroatoms. The summed E-state index contributed by atoms with van der Waals surface area (Å²) in [6.45, 7) is 4.04. The van der Waals surface area contributed by atoms with E-state index in [0.717, 1.165) is 0 Å². The molecule has 1 unspecified atom stereocenters. The van der Waals surface area contributed by atoms with E-state index >= 15 is 0 Å². The number of imide groups is 1. The molecule has 0 saturated carbocycles. The van der Waals surface area contributed by atoms with Gasteiger partial charge in [0.25, 0.3) is 0 Å². The monoisotopic (exact) mass is 439 g/mol. The van der Waals surface area contributed by atoms with Crippen LogP contribution in [-0.2, 0) is 19.1 Å². The molecule has 3 fully saturated rings. The summed E-state index contributed by atoms with van der Waals surface area (Å²) >= 11 is 1.45. The van der Waals surface area contributed by atoms with E-state index < -0.39 is 18.2 Å². The Morgan fingerprint density at radius 1 is 1.30 bits per heavy atom. The number of nitrogens with one attached hydrogen (secondary N) is 1. The number of nitrogens with zero attached hydrogens (tertiary/aromatic N) is 2. The number of rotatable bonds is 5. The zero-order valence-electron chi connectivity index (χ0n) is 16.9. The van der Waals surface area contributed by atoms with Crippen molar-refractivity contribution in [3.63, 3.8) is 0 Å². The van der Waals surface area contributed by atoms with Gasteiger partial charge < -0.3 is 20.3 Å². The number of amides is 3. The van der Waals surface area contributed by atoms with Crippen LogP contribution in [0.4, 0.5) is 4.79 Å². The first kappa shape index (κ1) is 21.1. The molecule has 0 aromatic carbocycles. The predicted molar refractivity (Wildman–Crippen MR) is 105 cm³/mol. The molecule has 10 nitrogen and oxygen atoms in total. The third kappa shape index (κ3) is 3.19. The molecule has 0 aromatic heterocycles. The van der Waals surface area contributed by atoms with Crippen LogP contribution in [0.15, 0.2) is 10.8 Å². The third-order valence-electron chi connectivity index (χ3n) is 6.57. The standard InChI is InChI=1S/C19H25N3O7S/c1-7-14-13(8(2)23)17(26)22(14)18(29-19(27)28)15(7)30-9-4-11(20-6-9)10-5-12(24)21(3)16(10)25/h7-11,13-14,20,23H,4-6H2,1-3H3,(H,27,28)/t7-,8-,9+,10?,11+,13-,14-/m1/s1. The van der Waals surface area contributed by atoms with Gasteiger partial charge in [-0.3, -0.25) is 24.2 Å². The van der Waals surface area contributed by atoms with E-state index in [-0.39, 0.29) is 59.2 Å². The maximum atomic E-state index is 12.5. The SMILES string of the molecule is C[C@@H](O)[C@H]1C(=O)N2C(OC(=O)O)=C(S[C@@H]3CN[C@H](C4CC(=O)N(C)C4=O)C3)[C@H](C)[C@H]12. The van der Waals surface area contributed by atoms with Crippen LogP contribution in [0.5, 0.6) is 0 Å². The molecule has 7 atom stereocenters. The van der Waals surface area contributed by atoms with E-state index in [1.807, 2.05) is 6.92 Å². The first-order valence-corrected chi connectivity index (χ1v) is 10.9. The van der Waals surface area contributed by atoms with Crippen molar-refractivity contribution in [1.29, 1.82) is 0 Å². The second-order valence-electron chi connectivity index (χ2n) is 8.38. The first-order chi connectivity index (χ1) is 14.1. The Hall–Kier alpha value is -2.11. The second kappa shape index (κ2) is 7.54. The summed E-state index contributed by atoms with van der Waals surface area (Å²) in [6, 6.07) is -0.462. The van der Waals surface area contributed by atoms with Crippen LogP contribution >= 0.6 is 11.8 Å². The van der Waals surface area contributed by atoms with Crippen molar-refractivity contribution >= 4 is 35.6 Å². The van der Waals surface area contributed by atoms with Crippen molar-refractivity contribution in [1.82, 2.24) is 15.1 Å². The fourth-order valence-electron chi connectivity index (χ4n) is 5.01. The Bertz CT molecular complexity index is 844. The minimum atomic E-state index is -1.50. The van der Waals surface area contributed by atoms with Gasteiger partial charge in [-0.1, -0.05) is 6.92 Å². The third-order valence-corrected chi connectivity index (χ3v) is 8.06. The van der Waals surface area contributed by atoms with Crippen LogP contribution in [-0.4, -0.2) is 80.9 Å². The van der Waals surface area contributed by atoms with Gasteiger partial charge in [-0.2, -0.15) is 0 Å². The maximum absolute atomic E-state index is 12.5. The molecule has 3 amide bonds. The van der Waals surface area contributed by atoms with Gasteiger partial charge in [-0.05, 0) is 13.3 Å². The number of hydrogen-bond donors (Lipinski definition) is 3. The fourth-order valence-corrected chi connectivity index (χ4v) is 6.45. The number of thioether (sulfide) groups is 1. The van der Waals surface area contributed by atoms with E-state index in [9.17, 15) is 24.3 Å². The van der Waals surface area contributed by atoms with E-state index in [1.54, 1.807) is 6.92 Å². The van der Waals surface area contributed by atoms with E-state index in [4.69, 9.17) is 9.84 Å². The van der Waals surface area contributed by atoms with E-state index in [2.05, 4.69) is 5.32 Å². The van der Waals surface area contributed by atoms with Crippen molar-refractivity contribution in [3.05, 3.63) is 10.8 Å². The molecule has 4 aliphatic rings. The molecular formula is C19H25N3O7S. The quantitative estimate of drug-likeness (QED) is 0.311. The lowest BCUT2D eigenvalue weighted by atomic mass is 9.79. The molecule has 0 spiro atoms. The van der Waals surface area contributed by atoms with Gasteiger partial charge in [0.1, 0.15) is 0 Å². The summed E-state index contributed by atoms with van der Waals surface area (Å²) in [5, 5.41) is 22.5. The van der Waals surface area contributed by atoms with Crippen LogP contribution in [0, 0.1) is 17.8 Å². The summed E-state index contributed by atoms with van der Waals surface area (Å²) in [6.07, 6.45) is -1.50. The number of β-lactam (4-membered cyclic amide) rings is 1. The second-order valence-corrected chi connectivity index (χ2v) is 9.73. The molecule has 4 heterocycles. The smallest absolute Gasteiger partial charge is 0.449 e. The van der Waals surface area contributed by atoms with E-state index in [0.29, 0.717) is 17.9 Å². The number of hydrogen-bond acceptors (Lipinski definition) is 8. The number of aliphatic hydroxyl groups is 1. The van der Waals surface area contributed by atoms with Gasteiger partial charge >= 0.3 is 6.16 Å². The minimum absolute atomic E-state index is 0.0298. The molecule has 0 aromatic rings. The van der Waals surface area contributed by atoms with Crippen LogP contribution in [0.1, 0.15) is 26.7 Å². The lowest BCUT2D eigenvalue weighted by Gasteiger charge is -2.45. The van der Waals surface area contributed by atoms with Gasteiger partial charge in [0.05, 0.1) is 28.9 Å². The van der Waals surface area contributed by atoms with Crippen molar-refractivity contribution < 1.29 is 34.1 Å². The highest BCUT2D eigenvalue weighted by Crippen LogP contribution is 2.52. The van der Waals surface area contributed by atoms with E-state index in [1.165, 1.54) is 28.6 Å². The van der Waals surface area contributed by atoms with Crippen molar-refractivity contribution in [2.24, 2.45) is 17.8 Å². The fraction of sp³-hybridized carbons (Fsp3) is 0.684. The molecule has 4 aliphatic heterocycles. The lowest BCUT2D eigenvalue weighted by Crippen LogP contribution is -2.63. The van der Waals surface area contributed by atoms with Crippen molar-refractivity contribution in [2.45, 2.75) is 50.1 Å². The Balaban J connectivity index is 1.50. The molecule has 30 heavy (non-hydrogen) atoms. The van der Waals surface area contributed by atoms with Crippen molar-refractivity contribution in [2.75, 3.05) is 13.6 Å². The summed E-state index contributed by atoms with van der Waals surface area (Å²) in [5.41, 5.74) is 0. The predicted octanol–water partition coefficient (Wildman–Crippen LogP) is 0.176. The topological polar surface area (TPSA) is 136 Å². The number of carboxylic acid groups (broad SMARTS) is 1. The van der Waals surface area contributed by atoms with Crippen LogP contribution in [0.25, 0.3) is 0 Å². The number of carbonyl (C=O) groups excluding carboxylic acids is 3. The number of carbonyl (C=O) groups is 4. The van der Waals surface area contributed by atoms with Gasteiger partial charge in [-0.25, -0.2) is 4.79 Å². The Morgan fingerprint density at radius 2 is 2.00 bits per heavy atom. The largest absolute Gasteiger partial charge is 0.512 e. The first-order valence-electron chi connectivity index (χ1n) is 9.98. The number of aliphatic hydroxyl groups excluding tert-OH is 1. The number of ether oxygens (including phenoxy) is 1. The number of likely N-dealkylation sites (tertiary alicyclic amines) is 1. The zero-order valence-corrected chi connectivity index (χ0v) is 17.7. The average Bonchev–Trinajstić information content (AvgIpc) is 3.28. The van der Waals surface area contributed by atoms with Crippen LogP contribution in [0.3, 0.4) is 0 Å². The lowest BCUT2D eigenvalue weighted by molar-refractivity contribution is -0.163. The van der Waals surface area contributed by atoms with Gasteiger partial charge in [0.2, 0.25) is 23.6 Å². The van der Waals surface area contributed by atoms with Crippen LogP contribution < -0.4 is 5.32 Å². The Kier molecular flexibility index (Phi) is 5.31. The summed E-state index contributed by atoms with van der Waals surface area (Å²) < 4.78 is 4.98. The zero-order chi connectivity index (χ0) is 21.9. The molecule has 4 rings (SSSR count). The molecular weight excluding hydrogens is 414 g/mol. The molecule has 0 bridgehead atoms. The van der Waals surface area contributed by atoms with Gasteiger partial charge in [0, 0.05) is 37.2 Å². The Morgan fingerprint density at radius 3 is 2.57 bits per heavy atom. The molecule has 3 saturated heterocycles. The molecule has 164 valence electrons. The highest BCUT2D eigenvalue weighted by molar-refractivity contribution is 8.03. The summed E-state index contributed by atoms with van der Waals surface area (Å²) in [7, 11) is 1.49. The minimum Gasteiger partial charge on any atom is -0.449 e. The number of fused-ring (bicyclic) bond motifs is 1. The summed E-state index contributed by atoms with van der Waals surface area (Å²) in [4.78, 5) is 51.0. The summed E-state index contributed by atoms with van der Waals surface area (Å²) in [5.74, 6) is -1.82. The maximum Gasteiger partial charge on any atom is 0.512 e. The molecule has 3 N–H and O–H groups in total. The normalized spacial score (nSPS) is 37.0. The highest BCUT2D eigenvalue weighted by atomic mass is 32.2. The van der Waals surface area contributed by atoms with Gasteiger partial charge in [0.15, 0.2) is 0 Å². The van der Waals surface area contributed by atoms with Crippen LogP contribution in [0.2, 0.25) is 0 Å². The highest BCUT2D eigenvalue weighted by Gasteiger charge is 2.60. The molecule has 0 aliphatic carbocycles.